The molecular formula is C72H143NO3. The van der Waals surface area contributed by atoms with Crippen molar-refractivity contribution in [1.29, 1.82) is 0 Å². The lowest BCUT2D eigenvalue weighted by Crippen LogP contribution is -2.45. The second kappa shape index (κ2) is 68.4. The Morgan fingerprint density at radius 2 is 0.500 bits per heavy atom. The third-order valence-corrected chi connectivity index (χ3v) is 17.3. The first-order valence-electron chi connectivity index (χ1n) is 35.9. The van der Waals surface area contributed by atoms with Crippen molar-refractivity contribution in [1.82, 2.24) is 5.32 Å². The van der Waals surface area contributed by atoms with E-state index in [-0.39, 0.29) is 12.5 Å². The van der Waals surface area contributed by atoms with Crippen LogP contribution in [-0.2, 0) is 4.79 Å². The minimum absolute atomic E-state index is 0.0200. The van der Waals surface area contributed by atoms with Crippen LogP contribution in [0.4, 0.5) is 0 Å². The van der Waals surface area contributed by atoms with E-state index >= 15 is 0 Å². The Morgan fingerprint density at radius 1 is 0.303 bits per heavy atom. The van der Waals surface area contributed by atoms with E-state index < -0.39 is 12.1 Å². The summed E-state index contributed by atoms with van der Waals surface area (Å²) >= 11 is 0. The largest absolute Gasteiger partial charge is 0.394 e. The minimum Gasteiger partial charge on any atom is -0.394 e. The molecule has 0 aromatic rings. The van der Waals surface area contributed by atoms with Crippen LogP contribution in [0.5, 0.6) is 0 Å². The summed E-state index contributed by atoms with van der Waals surface area (Å²) in [5, 5.41) is 23.5. The number of amides is 1. The molecule has 0 aliphatic heterocycles. The zero-order valence-corrected chi connectivity index (χ0v) is 52.6. The van der Waals surface area contributed by atoms with Gasteiger partial charge in [0, 0.05) is 6.42 Å². The standard InChI is InChI=1S/C72H143NO3/c1-3-5-7-9-11-13-15-17-19-21-23-25-27-29-30-31-32-33-34-35-36-37-38-39-40-41-42-44-46-48-50-52-54-56-58-60-62-64-66-68-72(76)73-70(69-74)71(75)67-65-63-61-59-57-55-53-51-49-47-45-43-28-26-24-22-20-18-16-14-12-10-8-6-4-2/h21,23,70-71,74-75H,3-20,22,24-69H2,1-2H3,(H,73,76)/b23-21-. The number of aliphatic hydroxyl groups is 2. The van der Waals surface area contributed by atoms with Crippen molar-refractivity contribution in [3.05, 3.63) is 12.2 Å². The molecule has 0 aromatic carbocycles. The Labute approximate surface area is 479 Å². The summed E-state index contributed by atoms with van der Waals surface area (Å²) in [5.41, 5.74) is 0. The summed E-state index contributed by atoms with van der Waals surface area (Å²) in [7, 11) is 0. The molecule has 2 atom stereocenters. The van der Waals surface area contributed by atoms with E-state index in [4.69, 9.17) is 0 Å². The van der Waals surface area contributed by atoms with E-state index in [2.05, 4.69) is 31.3 Å². The Bertz CT molecular complexity index is 1080. The first-order valence-corrected chi connectivity index (χ1v) is 35.9. The second-order valence-corrected chi connectivity index (χ2v) is 25.0. The van der Waals surface area contributed by atoms with Gasteiger partial charge in [-0.05, 0) is 38.5 Å². The highest BCUT2D eigenvalue weighted by Gasteiger charge is 2.20. The van der Waals surface area contributed by atoms with Crippen LogP contribution in [0.25, 0.3) is 0 Å². The lowest BCUT2D eigenvalue weighted by Gasteiger charge is -2.22. The van der Waals surface area contributed by atoms with Gasteiger partial charge in [0.05, 0.1) is 18.8 Å². The molecule has 4 nitrogen and oxygen atoms in total. The van der Waals surface area contributed by atoms with E-state index in [1.54, 1.807) is 0 Å². The quantitative estimate of drug-likeness (QED) is 0.0420. The molecule has 2 unspecified atom stereocenters. The molecule has 0 aliphatic rings. The van der Waals surface area contributed by atoms with Gasteiger partial charge in [-0.15, -0.1) is 0 Å². The van der Waals surface area contributed by atoms with Gasteiger partial charge in [0.2, 0.25) is 5.91 Å². The van der Waals surface area contributed by atoms with Crippen LogP contribution in [0.3, 0.4) is 0 Å². The zero-order valence-electron chi connectivity index (χ0n) is 52.6. The topological polar surface area (TPSA) is 69.6 Å². The number of nitrogens with one attached hydrogen (secondary N) is 1. The third kappa shape index (κ3) is 64.0. The molecule has 0 aliphatic carbocycles. The van der Waals surface area contributed by atoms with Gasteiger partial charge in [0.15, 0.2) is 0 Å². The van der Waals surface area contributed by atoms with Crippen LogP contribution in [0.1, 0.15) is 425 Å². The minimum atomic E-state index is -0.657. The zero-order chi connectivity index (χ0) is 54.8. The normalized spacial score (nSPS) is 12.6. The van der Waals surface area contributed by atoms with Gasteiger partial charge >= 0.3 is 0 Å². The third-order valence-electron chi connectivity index (χ3n) is 17.3. The highest BCUT2D eigenvalue weighted by atomic mass is 16.3. The molecule has 0 saturated heterocycles. The molecule has 0 bridgehead atoms. The molecule has 0 heterocycles. The molecule has 0 radical (unpaired) electrons. The molecular weight excluding hydrogens is 927 g/mol. The summed E-state index contributed by atoms with van der Waals surface area (Å²) in [6.07, 6.45) is 91.4. The van der Waals surface area contributed by atoms with Crippen molar-refractivity contribution in [2.24, 2.45) is 0 Å². The predicted octanol–water partition coefficient (Wildman–Crippen LogP) is 24.4. The lowest BCUT2D eigenvalue weighted by molar-refractivity contribution is -0.123. The van der Waals surface area contributed by atoms with E-state index in [0.717, 1.165) is 25.7 Å². The van der Waals surface area contributed by atoms with Crippen molar-refractivity contribution in [2.45, 2.75) is 437 Å². The van der Waals surface area contributed by atoms with E-state index in [1.165, 1.54) is 372 Å². The summed E-state index contributed by atoms with van der Waals surface area (Å²) in [5.74, 6) is -0.0200. The van der Waals surface area contributed by atoms with Crippen molar-refractivity contribution < 1.29 is 15.0 Å². The highest BCUT2D eigenvalue weighted by Crippen LogP contribution is 2.20. The van der Waals surface area contributed by atoms with Gasteiger partial charge in [-0.1, -0.05) is 392 Å². The fourth-order valence-electron chi connectivity index (χ4n) is 11.8. The van der Waals surface area contributed by atoms with Crippen molar-refractivity contribution >= 4 is 5.91 Å². The lowest BCUT2D eigenvalue weighted by atomic mass is 10.0. The summed E-state index contributed by atoms with van der Waals surface area (Å²) in [6, 6.07) is -0.534. The molecule has 0 spiro atoms. The van der Waals surface area contributed by atoms with Crippen molar-refractivity contribution in [2.75, 3.05) is 6.61 Å². The molecule has 0 rings (SSSR count). The number of hydrogen-bond acceptors (Lipinski definition) is 3. The van der Waals surface area contributed by atoms with Crippen molar-refractivity contribution in [3.63, 3.8) is 0 Å². The molecule has 1 amide bonds. The Balaban J connectivity index is 3.35. The molecule has 0 aromatic heterocycles. The fourth-order valence-corrected chi connectivity index (χ4v) is 11.8. The molecule has 3 N–H and O–H groups in total. The number of rotatable bonds is 68. The average molecular weight is 1070 g/mol. The van der Waals surface area contributed by atoms with Crippen LogP contribution in [0.15, 0.2) is 12.2 Å². The molecule has 454 valence electrons. The van der Waals surface area contributed by atoms with Gasteiger partial charge in [-0.2, -0.15) is 0 Å². The number of aliphatic hydroxyl groups excluding tert-OH is 2. The predicted molar refractivity (Wildman–Crippen MR) is 341 cm³/mol. The number of carbonyl (C=O) groups excluding carboxylic acids is 1. The van der Waals surface area contributed by atoms with Crippen LogP contribution in [0, 0.1) is 0 Å². The van der Waals surface area contributed by atoms with Gasteiger partial charge in [0.25, 0.3) is 0 Å². The number of allylic oxidation sites excluding steroid dienone is 2. The van der Waals surface area contributed by atoms with Crippen LogP contribution in [0.2, 0.25) is 0 Å². The number of unbranched alkanes of at least 4 members (excludes halogenated alkanes) is 59. The monoisotopic (exact) mass is 1070 g/mol. The highest BCUT2D eigenvalue weighted by molar-refractivity contribution is 5.76. The smallest absolute Gasteiger partial charge is 0.220 e. The molecule has 76 heavy (non-hydrogen) atoms. The summed E-state index contributed by atoms with van der Waals surface area (Å²) in [4.78, 5) is 12.6. The van der Waals surface area contributed by atoms with Gasteiger partial charge < -0.3 is 15.5 Å². The van der Waals surface area contributed by atoms with E-state index in [0.29, 0.717) is 12.8 Å². The second-order valence-electron chi connectivity index (χ2n) is 25.0. The molecule has 0 fully saturated rings. The Hall–Kier alpha value is -0.870. The maximum Gasteiger partial charge on any atom is 0.220 e. The summed E-state index contributed by atoms with van der Waals surface area (Å²) in [6.45, 7) is 4.41. The van der Waals surface area contributed by atoms with Crippen LogP contribution < -0.4 is 5.32 Å². The number of hydrogen-bond donors (Lipinski definition) is 3. The Kier molecular flexibility index (Phi) is 67.6. The van der Waals surface area contributed by atoms with Crippen molar-refractivity contribution in [3.8, 4) is 0 Å². The van der Waals surface area contributed by atoms with Gasteiger partial charge in [-0.25, -0.2) is 0 Å². The first-order chi connectivity index (χ1) is 37.7. The maximum absolute atomic E-state index is 12.6. The van der Waals surface area contributed by atoms with Crippen LogP contribution in [-0.4, -0.2) is 34.9 Å². The molecule has 0 saturated carbocycles. The van der Waals surface area contributed by atoms with E-state index in [1.807, 2.05) is 0 Å². The fraction of sp³-hybridized carbons (Fsp3) is 0.958. The first kappa shape index (κ1) is 75.1. The SMILES string of the molecule is CCCCCCCCCC/C=C\CCCCCCCCCCCCCCCCCCCCCCCCCCCCCC(=O)NC(CO)C(O)CCCCCCCCCCCCCCCCCCCCCCCCCCC. The number of carbonyl (C=O) groups is 1. The van der Waals surface area contributed by atoms with Gasteiger partial charge in [0.1, 0.15) is 0 Å². The maximum atomic E-state index is 12.6. The van der Waals surface area contributed by atoms with Gasteiger partial charge in [-0.3, -0.25) is 4.79 Å². The Morgan fingerprint density at radius 3 is 0.724 bits per heavy atom. The van der Waals surface area contributed by atoms with Crippen LogP contribution >= 0.6 is 0 Å². The molecule has 4 heteroatoms. The van der Waals surface area contributed by atoms with E-state index in [9.17, 15) is 15.0 Å². The average Bonchev–Trinajstić information content (AvgIpc) is 3.42. The summed E-state index contributed by atoms with van der Waals surface area (Å²) < 4.78 is 0.